The van der Waals surface area contributed by atoms with Crippen molar-refractivity contribution in [2.75, 3.05) is 13.2 Å². The van der Waals surface area contributed by atoms with E-state index in [4.69, 9.17) is 10.9 Å². The molecule has 1 unspecified atom stereocenters. The molecule has 18 heavy (non-hydrogen) atoms. The highest BCUT2D eigenvalue weighted by molar-refractivity contribution is 5.82. The van der Waals surface area contributed by atoms with Crippen LogP contribution in [0.3, 0.4) is 0 Å². The summed E-state index contributed by atoms with van der Waals surface area (Å²) in [7, 11) is 0. The molecule has 0 aromatic heterocycles. The Morgan fingerprint density at radius 2 is 2.22 bits per heavy atom. The van der Waals surface area contributed by atoms with Gasteiger partial charge in [-0.2, -0.15) is 0 Å². The third-order valence-corrected chi connectivity index (χ3v) is 2.16. The number of carbonyl (C=O) groups excluding carboxylic acids is 1. The lowest BCUT2D eigenvalue weighted by Crippen LogP contribution is -2.37. The van der Waals surface area contributed by atoms with E-state index < -0.39 is 13.0 Å². The van der Waals surface area contributed by atoms with Gasteiger partial charge in [-0.15, -0.1) is 0 Å². The summed E-state index contributed by atoms with van der Waals surface area (Å²) in [4.78, 5) is 11.4. The summed E-state index contributed by atoms with van der Waals surface area (Å²) in [5.41, 5.74) is 5.32. The Kier molecular flexibility index (Phi) is 8.81. The highest BCUT2D eigenvalue weighted by Gasteiger charge is 2.12. The van der Waals surface area contributed by atoms with Crippen LogP contribution in [0, 0.1) is 0 Å². The summed E-state index contributed by atoms with van der Waals surface area (Å²) >= 11 is 0. The number of halogens is 2. The molecule has 0 aromatic carbocycles. The number of carbonyl (C=O) groups is 1. The molecule has 0 aliphatic carbocycles. The van der Waals surface area contributed by atoms with Gasteiger partial charge in [-0.3, -0.25) is 4.79 Å². The topological polar surface area (TPSA) is 96.9 Å². The minimum absolute atomic E-state index is 0.000603. The van der Waals surface area contributed by atoms with Crippen LogP contribution in [0.5, 0.6) is 0 Å². The highest BCUT2D eigenvalue weighted by atomic mass is 19.3. The van der Waals surface area contributed by atoms with Crippen molar-refractivity contribution in [1.82, 2.24) is 5.32 Å². The third-order valence-electron chi connectivity index (χ3n) is 2.16. The predicted octanol–water partition coefficient (Wildman–Crippen LogP) is 0.690. The average molecular weight is 267 g/mol. The first kappa shape index (κ1) is 16.6. The fourth-order valence-electron chi connectivity index (χ4n) is 1.23. The molecule has 0 spiro atoms. The monoisotopic (exact) mass is 267 g/mol. The van der Waals surface area contributed by atoms with Crippen molar-refractivity contribution in [2.24, 2.45) is 10.9 Å². The summed E-state index contributed by atoms with van der Waals surface area (Å²) in [5, 5.41) is 13.9. The molecule has 6 nitrogen and oxygen atoms in total. The van der Waals surface area contributed by atoms with E-state index >= 15 is 0 Å². The Morgan fingerprint density at radius 3 is 2.72 bits per heavy atom. The fourth-order valence-corrected chi connectivity index (χ4v) is 1.23. The number of hydrogen-bond acceptors (Lipinski definition) is 4. The highest BCUT2D eigenvalue weighted by Crippen LogP contribution is 1.99. The van der Waals surface area contributed by atoms with Crippen LogP contribution in [0.15, 0.2) is 5.16 Å². The van der Waals surface area contributed by atoms with E-state index in [1.807, 2.05) is 6.92 Å². The maximum Gasteiger partial charge on any atom is 0.261 e. The molecule has 106 valence electrons. The molecule has 0 saturated carbocycles. The second kappa shape index (κ2) is 9.58. The molecule has 0 aliphatic rings. The van der Waals surface area contributed by atoms with Gasteiger partial charge in [0.2, 0.25) is 5.91 Å². The number of nitrogens with two attached hydrogens (primary N) is 1. The molecule has 0 radical (unpaired) electrons. The first-order valence-corrected chi connectivity index (χ1v) is 5.61. The van der Waals surface area contributed by atoms with Gasteiger partial charge in [-0.25, -0.2) is 8.78 Å². The quantitative estimate of drug-likeness (QED) is 0.188. The Bertz CT molecular complexity index is 275. The number of amides is 1. The van der Waals surface area contributed by atoms with Gasteiger partial charge >= 0.3 is 0 Å². The van der Waals surface area contributed by atoms with Crippen LogP contribution in [0.1, 0.15) is 26.2 Å². The van der Waals surface area contributed by atoms with Crippen molar-refractivity contribution in [3.63, 3.8) is 0 Å². The third kappa shape index (κ3) is 8.68. The van der Waals surface area contributed by atoms with Crippen LogP contribution in [-0.4, -0.2) is 42.6 Å². The minimum Gasteiger partial charge on any atom is -0.409 e. The smallest absolute Gasteiger partial charge is 0.261 e. The average Bonchev–Trinajstić information content (AvgIpc) is 2.33. The molecule has 0 bridgehead atoms. The minimum atomic E-state index is -2.53. The van der Waals surface area contributed by atoms with Gasteiger partial charge in [0.05, 0.1) is 6.61 Å². The maximum atomic E-state index is 11.7. The van der Waals surface area contributed by atoms with Crippen LogP contribution in [-0.2, 0) is 9.53 Å². The van der Waals surface area contributed by atoms with Gasteiger partial charge in [-0.05, 0) is 6.42 Å². The van der Waals surface area contributed by atoms with Crippen LogP contribution >= 0.6 is 0 Å². The maximum absolute atomic E-state index is 11.7. The Labute approximate surface area is 104 Å². The summed E-state index contributed by atoms with van der Waals surface area (Å²) in [6.07, 6.45) is -1.69. The molecule has 0 fully saturated rings. The largest absolute Gasteiger partial charge is 0.409 e. The first-order chi connectivity index (χ1) is 8.49. The Hall–Kier alpha value is -1.44. The van der Waals surface area contributed by atoms with E-state index in [0.717, 1.165) is 0 Å². The first-order valence-electron chi connectivity index (χ1n) is 5.61. The van der Waals surface area contributed by atoms with E-state index in [0.29, 0.717) is 6.42 Å². The van der Waals surface area contributed by atoms with Crippen LogP contribution in [0.2, 0.25) is 0 Å². The molecule has 0 aromatic rings. The number of hydrogen-bond donors (Lipinski definition) is 3. The number of alkyl halides is 2. The van der Waals surface area contributed by atoms with Crippen molar-refractivity contribution in [3.05, 3.63) is 0 Å². The molecule has 1 atom stereocenters. The van der Waals surface area contributed by atoms with Gasteiger partial charge in [-0.1, -0.05) is 12.1 Å². The molecule has 0 aliphatic heterocycles. The number of nitrogens with zero attached hydrogens (tertiary/aromatic N) is 1. The predicted molar refractivity (Wildman–Crippen MR) is 61.7 cm³/mol. The molecule has 0 saturated heterocycles. The summed E-state index contributed by atoms with van der Waals surface area (Å²) in [6.45, 7) is 1.10. The zero-order valence-electron chi connectivity index (χ0n) is 10.2. The lowest BCUT2D eigenvalue weighted by molar-refractivity contribution is -0.123. The fraction of sp³-hybridized carbons (Fsp3) is 0.800. The number of nitrogens with one attached hydrogen (secondary N) is 1. The zero-order chi connectivity index (χ0) is 14.0. The van der Waals surface area contributed by atoms with Crippen LogP contribution < -0.4 is 11.1 Å². The lowest BCUT2D eigenvalue weighted by atomic mass is 10.1. The molecule has 1 amide bonds. The molecular formula is C10H19F2N3O3. The van der Waals surface area contributed by atoms with Gasteiger partial charge in [0.1, 0.15) is 12.4 Å². The van der Waals surface area contributed by atoms with E-state index in [1.165, 1.54) is 0 Å². The number of ether oxygens (including phenoxy) is 1. The van der Waals surface area contributed by atoms with Gasteiger partial charge in [0.15, 0.2) is 0 Å². The van der Waals surface area contributed by atoms with Crippen molar-refractivity contribution in [2.45, 2.75) is 38.7 Å². The van der Waals surface area contributed by atoms with E-state index in [-0.39, 0.29) is 37.2 Å². The lowest BCUT2D eigenvalue weighted by Gasteiger charge is -2.16. The standard InChI is InChI=1S/C10H19F2N3O3/c1-2-7(5-9(13)15-17)14-10(16)3-4-18-6-8(11)12/h7-8,17H,2-6H2,1H3,(H2,13,15)(H,14,16). The van der Waals surface area contributed by atoms with Crippen molar-refractivity contribution < 1.29 is 23.5 Å². The number of amidine groups is 1. The van der Waals surface area contributed by atoms with Gasteiger partial charge < -0.3 is 21.0 Å². The molecule has 0 rings (SSSR count). The SMILES string of the molecule is CCC(CC(N)=NO)NC(=O)CCOCC(F)F. The molecule has 8 heteroatoms. The summed E-state index contributed by atoms with van der Waals surface area (Å²) in [5.74, 6) is -0.294. The Morgan fingerprint density at radius 1 is 1.56 bits per heavy atom. The number of oxime groups is 1. The van der Waals surface area contributed by atoms with E-state index in [2.05, 4.69) is 15.2 Å². The van der Waals surface area contributed by atoms with Gasteiger partial charge in [0.25, 0.3) is 6.43 Å². The van der Waals surface area contributed by atoms with Crippen LogP contribution in [0.25, 0.3) is 0 Å². The Balaban J connectivity index is 3.83. The summed E-state index contributed by atoms with van der Waals surface area (Å²) < 4.78 is 28.0. The van der Waals surface area contributed by atoms with Gasteiger partial charge in [0, 0.05) is 18.9 Å². The molecular weight excluding hydrogens is 248 g/mol. The zero-order valence-corrected chi connectivity index (χ0v) is 10.2. The van der Waals surface area contributed by atoms with Crippen molar-refractivity contribution in [3.8, 4) is 0 Å². The van der Waals surface area contributed by atoms with Crippen molar-refractivity contribution in [1.29, 1.82) is 0 Å². The number of rotatable bonds is 9. The van der Waals surface area contributed by atoms with Crippen LogP contribution in [0.4, 0.5) is 8.78 Å². The molecule has 4 N–H and O–H groups in total. The van der Waals surface area contributed by atoms with Crippen molar-refractivity contribution >= 4 is 11.7 Å². The second-order valence-electron chi connectivity index (χ2n) is 3.68. The van der Waals surface area contributed by atoms with E-state index in [9.17, 15) is 13.6 Å². The molecule has 0 heterocycles. The second-order valence-corrected chi connectivity index (χ2v) is 3.68. The normalized spacial score (nSPS) is 13.7. The van der Waals surface area contributed by atoms with E-state index in [1.54, 1.807) is 0 Å². The summed E-state index contributed by atoms with van der Waals surface area (Å²) in [6, 6.07) is -0.247.